The van der Waals surface area contributed by atoms with E-state index in [1.165, 1.54) is 36.2 Å². The van der Waals surface area contributed by atoms with Gasteiger partial charge in [-0.15, -0.1) is 0 Å². The van der Waals surface area contributed by atoms with E-state index >= 15 is 0 Å². The molecule has 0 aliphatic heterocycles. The predicted octanol–water partition coefficient (Wildman–Crippen LogP) is 2.07. The van der Waals surface area contributed by atoms with Crippen LogP contribution in [0.3, 0.4) is 0 Å². The number of quaternary nitrogens is 1. The summed E-state index contributed by atoms with van der Waals surface area (Å²) in [5.74, 6) is 0. The van der Waals surface area contributed by atoms with Crippen molar-refractivity contribution in [2.45, 2.75) is 27.3 Å². The molecule has 0 radical (unpaired) electrons. The molecule has 0 aliphatic carbocycles. The maximum atomic E-state index is 8.63. The number of hydrogen-bond donors (Lipinski definition) is 1. The standard InChI is InChI=1S/C13H22N.H2O4S/c1-4-14(5-2,6-3)12-13-10-8-7-9-11-13;1-5(2,3)4/h7-11H,4-6,12H2,1-3H3;(H2,1,2,3,4)/q+1;/p-1. The highest BCUT2D eigenvalue weighted by Gasteiger charge is 2.20. The zero-order chi connectivity index (χ0) is 14.9. The van der Waals surface area contributed by atoms with E-state index in [1.807, 2.05) is 0 Å². The van der Waals surface area contributed by atoms with Crippen molar-refractivity contribution in [3.63, 3.8) is 0 Å². The summed E-state index contributed by atoms with van der Waals surface area (Å²) >= 11 is 0. The largest absolute Gasteiger partial charge is 0.726 e. The Morgan fingerprint density at radius 2 is 1.42 bits per heavy atom. The Morgan fingerprint density at radius 3 is 1.74 bits per heavy atom. The van der Waals surface area contributed by atoms with Crippen LogP contribution in [0.4, 0.5) is 0 Å². The summed E-state index contributed by atoms with van der Waals surface area (Å²) in [6.07, 6.45) is 0. The average Bonchev–Trinajstić information content (AvgIpc) is 2.35. The van der Waals surface area contributed by atoms with E-state index in [1.54, 1.807) is 0 Å². The molecule has 1 aromatic rings. The summed E-state index contributed by atoms with van der Waals surface area (Å²) in [5.41, 5.74) is 1.46. The van der Waals surface area contributed by atoms with Crippen molar-refractivity contribution in [1.29, 1.82) is 0 Å². The summed E-state index contributed by atoms with van der Waals surface area (Å²) in [5, 5.41) is 0. The van der Waals surface area contributed by atoms with Gasteiger partial charge in [-0.2, -0.15) is 0 Å². The summed E-state index contributed by atoms with van der Waals surface area (Å²) in [4.78, 5) is 0. The van der Waals surface area contributed by atoms with Gasteiger partial charge in [-0.25, -0.2) is 8.42 Å². The molecule has 0 aromatic heterocycles. The molecule has 1 aromatic carbocycles. The summed E-state index contributed by atoms with van der Waals surface area (Å²) in [7, 11) is -4.92. The molecule has 6 heteroatoms. The smallest absolute Gasteiger partial charge is 0.215 e. The van der Waals surface area contributed by atoms with E-state index in [2.05, 4.69) is 51.1 Å². The van der Waals surface area contributed by atoms with Gasteiger partial charge in [-0.05, 0) is 20.8 Å². The van der Waals surface area contributed by atoms with Gasteiger partial charge in [0, 0.05) is 5.56 Å². The number of nitrogens with zero attached hydrogens (tertiary/aromatic N) is 1. The lowest BCUT2D eigenvalue weighted by Gasteiger charge is -2.35. The molecule has 1 rings (SSSR count). The van der Waals surface area contributed by atoms with Gasteiger partial charge < -0.3 is 9.04 Å². The fraction of sp³-hybridized carbons (Fsp3) is 0.538. The van der Waals surface area contributed by atoms with Crippen LogP contribution in [0, 0.1) is 0 Å². The molecule has 0 saturated carbocycles. The maximum Gasteiger partial charge on any atom is 0.215 e. The zero-order valence-electron chi connectivity index (χ0n) is 11.7. The van der Waals surface area contributed by atoms with Crippen LogP contribution in [0.15, 0.2) is 30.3 Å². The maximum absolute atomic E-state index is 8.63. The van der Waals surface area contributed by atoms with E-state index in [-0.39, 0.29) is 0 Å². The molecule has 0 fully saturated rings. The topological polar surface area (TPSA) is 77.4 Å². The fourth-order valence-electron chi connectivity index (χ4n) is 1.98. The third-order valence-electron chi connectivity index (χ3n) is 3.37. The molecule has 0 bridgehead atoms. The first-order valence-electron chi connectivity index (χ1n) is 6.33. The molecular formula is C13H23NO4S. The second kappa shape index (κ2) is 8.27. The van der Waals surface area contributed by atoms with E-state index < -0.39 is 10.4 Å². The van der Waals surface area contributed by atoms with Gasteiger partial charge in [-0.3, -0.25) is 4.55 Å². The van der Waals surface area contributed by atoms with E-state index in [9.17, 15) is 0 Å². The molecule has 0 atom stereocenters. The highest BCUT2D eigenvalue weighted by Crippen LogP contribution is 2.13. The summed E-state index contributed by atoms with van der Waals surface area (Å²) in [6, 6.07) is 10.8. The Morgan fingerprint density at radius 1 is 1.05 bits per heavy atom. The Hall–Kier alpha value is -0.950. The average molecular weight is 289 g/mol. The van der Waals surface area contributed by atoms with Crippen LogP contribution in [0.1, 0.15) is 26.3 Å². The Balaban J connectivity index is 0.000000555. The summed E-state index contributed by atoms with van der Waals surface area (Å²) in [6.45, 7) is 11.7. The summed E-state index contributed by atoms with van der Waals surface area (Å²) < 4.78 is 34.0. The van der Waals surface area contributed by atoms with Crippen LogP contribution < -0.4 is 0 Å². The minimum absolute atomic E-state index is 1.17. The van der Waals surface area contributed by atoms with Crippen molar-refractivity contribution in [1.82, 2.24) is 0 Å². The first-order chi connectivity index (χ1) is 8.76. The third-order valence-corrected chi connectivity index (χ3v) is 3.37. The molecule has 0 aliphatic rings. The molecule has 0 heterocycles. The van der Waals surface area contributed by atoms with Crippen LogP contribution in [-0.4, -0.2) is 41.6 Å². The zero-order valence-corrected chi connectivity index (χ0v) is 12.6. The van der Waals surface area contributed by atoms with Crippen molar-refractivity contribution in [2.75, 3.05) is 19.6 Å². The molecule has 0 unspecified atom stereocenters. The Kier molecular flexibility index (Phi) is 7.85. The predicted molar refractivity (Wildman–Crippen MR) is 74.4 cm³/mol. The Labute approximate surface area is 116 Å². The fourth-order valence-corrected chi connectivity index (χ4v) is 1.98. The molecular weight excluding hydrogens is 266 g/mol. The minimum atomic E-state index is -4.92. The van der Waals surface area contributed by atoms with E-state index in [0.717, 1.165) is 0 Å². The van der Waals surface area contributed by atoms with E-state index in [0.29, 0.717) is 0 Å². The highest BCUT2D eigenvalue weighted by atomic mass is 32.3. The van der Waals surface area contributed by atoms with Crippen molar-refractivity contribution < 1.29 is 22.0 Å². The number of rotatable bonds is 5. The lowest BCUT2D eigenvalue weighted by molar-refractivity contribution is -0.936. The van der Waals surface area contributed by atoms with E-state index in [4.69, 9.17) is 17.5 Å². The first kappa shape index (κ1) is 18.0. The molecule has 5 nitrogen and oxygen atoms in total. The minimum Gasteiger partial charge on any atom is -0.726 e. The second-order valence-electron chi connectivity index (χ2n) is 4.36. The van der Waals surface area contributed by atoms with Crippen LogP contribution in [0.2, 0.25) is 0 Å². The van der Waals surface area contributed by atoms with Crippen LogP contribution in [0.25, 0.3) is 0 Å². The molecule has 0 saturated heterocycles. The van der Waals surface area contributed by atoms with Crippen LogP contribution in [0.5, 0.6) is 0 Å². The normalized spacial score (nSPS) is 11.6. The molecule has 0 spiro atoms. The van der Waals surface area contributed by atoms with Gasteiger partial charge in [-0.1, -0.05) is 30.3 Å². The lowest BCUT2D eigenvalue weighted by Crippen LogP contribution is -2.46. The molecule has 1 N–H and O–H groups in total. The SMILES string of the molecule is CC[N+](CC)(CC)Cc1ccccc1.O=S(=O)([O-])O. The molecule has 110 valence electrons. The second-order valence-corrected chi connectivity index (χ2v) is 5.22. The van der Waals surface area contributed by atoms with Crippen molar-refractivity contribution in [3.05, 3.63) is 35.9 Å². The van der Waals surface area contributed by atoms with Gasteiger partial charge in [0.15, 0.2) is 0 Å². The van der Waals surface area contributed by atoms with Gasteiger partial charge in [0.25, 0.3) is 0 Å². The third kappa shape index (κ3) is 8.72. The van der Waals surface area contributed by atoms with Gasteiger partial charge >= 0.3 is 0 Å². The monoisotopic (exact) mass is 289 g/mol. The highest BCUT2D eigenvalue weighted by molar-refractivity contribution is 7.79. The Bertz CT molecular complexity index is 425. The van der Waals surface area contributed by atoms with Crippen molar-refractivity contribution >= 4 is 10.4 Å². The molecule has 19 heavy (non-hydrogen) atoms. The van der Waals surface area contributed by atoms with Crippen LogP contribution >= 0.6 is 0 Å². The lowest BCUT2D eigenvalue weighted by atomic mass is 10.2. The van der Waals surface area contributed by atoms with Crippen LogP contribution in [-0.2, 0) is 16.9 Å². The van der Waals surface area contributed by atoms with Crippen molar-refractivity contribution in [3.8, 4) is 0 Å². The van der Waals surface area contributed by atoms with Gasteiger partial charge in [0.2, 0.25) is 10.4 Å². The van der Waals surface area contributed by atoms with Gasteiger partial charge in [0.05, 0.1) is 19.6 Å². The van der Waals surface area contributed by atoms with Gasteiger partial charge in [0.1, 0.15) is 6.54 Å². The molecule has 0 amide bonds. The number of benzene rings is 1. The van der Waals surface area contributed by atoms with Crippen molar-refractivity contribution in [2.24, 2.45) is 0 Å². The number of hydrogen-bond acceptors (Lipinski definition) is 3. The first-order valence-corrected chi connectivity index (χ1v) is 7.70. The quantitative estimate of drug-likeness (QED) is 0.511.